The van der Waals surface area contributed by atoms with Crippen molar-refractivity contribution in [2.24, 2.45) is 0 Å². The summed E-state index contributed by atoms with van der Waals surface area (Å²) in [6.45, 7) is 2.16. The Kier molecular flexibility index (Phi) is 8.59. The maximum atomic E-state index is 3.31. The molecule has 1 heteroatoms. The highest BCUT2D eigenvalue weighted by molar-refractivity contribution is 9.09. The lowest BCUT2D eigenvalue weighted by Gasteiger charge is -1.78. The third-order valence-corrected chi connectivity index (χ3v) is 1.37. The SMILES string of the molecule is CCC/C=C/C#CCCBr. The molecular formula is C9H13Br. The number of hydrogen-bond donors (Lipinski definition) is 0. The molecule has 0 saturated heterocycles. The van der Waals surface area contributed by atoms with Gasteiger partial charge in [-0.05, 0) is 12.5 Å². The van der Waals surface area contributed by atoms with E-state index in [2.05, 4.69) is 40.8 Å². The standard InChI is InChI=1S/C9H13Br/c1-2-3-4-5-6-7-8-9-10/h4-5H,2-3,8-9H2,1H3/b5-4+. The van der Waals surface area contributed by atoms with Gasteiger partial charge in [-0.1, -0.05) is 47.2 Å². The summed E-state index contributed by atoms with van der Waals surface area (Å²) in [5.74, 6) is 5.97. The molecule has 0 atom stereocenters. The monoisotopic (exact) mass is 200 g/mol. The van der Waals surface area contributed by atoms with Gasteiger partial charge in [0.05, 0.1) is 0 Å². The van der Waals surface area contributed by atoms with E-state index in [9.17, 15) is 0 Å². The predicted octanol–water partition coefficient (Wildman–Crippen LogP) is 3.13. The third-order valence-electron chi connectivity index (χ3n) is 0.978. The van der Waals surface area contributed by atoms with Crippen molar-refractivity contribution in [2.45, 2.75) is 26.2 Å². The van der Waals surface area contributed by atoms with Gasteiger partial charge in [0.1, 0.15) is 0 Å². The van der Waals surface area contributed by atoms with Crippen LogP contribution in [0.3, 0.4) is 0 Å². The Bertz CT molecular complexity index is 137. The highest BCUT2D eigenvalue weighted by Crippen LogP contribution is 1.87. The molecule has 0 aromatic heterocycles. The lowest BCUT2D eigenvalue weighted by atomic mass is 10.3. The Morgan fingerprint density at radius 2 is 2.30 bits per heavy atom. The summed E-state index contributed by atoms with van der Waals surface area (Å²) in [6, 6.07) is 0. The Morgan fingerprint density at radius 3 is 2.90 bits per heavy atom. The normalized spacial score (nSPS) is 9.40. The zero-order valence-corrected chi connectivity index (χ0v) is 7.95. The fraction of sp³-hybridized carbons (Fsp3) is 0.556. The van der Waals surface area contributed by atoms with Crippen molar-refractivity contribution in [3.63, 3.8) is 0 Å². The summed E-state index contributed by atoms with van der Waals surface area (Å²) >= 11 is 3.31. The van der Waals surface area contributed by atoms with E-state index in [-0.39, 0.29) is 0 Å². The maximum Gasteiger partial charge on any atom is 0.0189 e. The first kappa shape index (κ1) is 9.78. The van der Waals surface area contributed by atoms with Crippen molar-refractivity contribution in [3.8, 4) is 11.8 Å². The molecule has 0 aliphatic carbocycles. The molecule has 10 heavy (non-hydrogen) atoms. The molecule has 0 aromatic rings. The van der Waals surface area contributed by atoms with Crippen molar-refractivity contribution < 1.29 is 0 Å². The molecule has 0 radical (unpaired) electrons. The molecule has 0 heterocycles. The van der Waals surface area contributed by atoms with E-state index in [1.165, 1.54) is 6.42 Å². The van der Waals surface area contributed by atoms with E-state index < -0.39 is 0 Å². The van der Waals surface area contributed by atoms with Crippen LogP contribution < -0.4 is 0 Å². The zero-order valence-electron chi connectivity index (χ0n) is 6.36. The molecule has 0 nitrogen and oxygen atoms in total. The smallest absolute Gasteiger partial charge is 0.0189 e. The molecule has 0 aliphatic heterocycles. The van der Waals surface area contributed by atoms with Crippen LogP contribution >= 0.6 is 15.9 Å². The molecule has 0 aliphatic rings. The van der Waals surface area contributed by atoms with Gasteiger partial charge < -0.3 is 0 Å². The first-order chi connectivity index (χ1) is 4.91. The minimum absolute atomic E-state index is 0.941. The lowest BCUT2D eigenvalue weighted by Crippen LogP contribution is -1.64. The molecular weight excluding hydrogens is 188 g/mol. The minimum Gasteiger partial charge on any atom is -0.0977 e. The Balaban J connectivity index is 3.25. The molecule has 0 spiro atoms. The number of allylic oxidation sites excluding steroid dienone is 2. The van der Waals surface area contributed by atoms with Crippen molar-refractivity contribution >= 4 is 15.9 Å². The molecule has 0 unspecified atom stereocenters. The van der Waals surface area contributed by atoms with Crippen LogP contribution in [0.25, 0.3) is 0 Å². The average molecular weight is 201 g/mol. The summed E-state index contributed by atoms with van der Waals surface area (Å²) in [4.78, 5) is 0. The average Bonchev–Trinajstić information content (AvgIpc) is 1.97. The maximum absolute atomic E-state index is 3.31. The first-order valence-electron chi connectivity index (χ1n) is 3.61. The van der Waals surface area contributed by atoms with E-state index in [1.807, 2.05) is 6.08 Å². The van der Waals surface area contributed by atoms with Gasteiger partial charge >= 0.3 is 0 Å². The van der Waals surface area contributed by atoms with Gasteiger partial charge in [0.15, 0.2) is 0 Å². The second kappa shape index (κ2) is 8.78. The number of hydrogen-bond acceptors (Lipinski definition) is 0. The Hall–Kier alpha value is -0.220. The van der Waals surface area contributed by atoms with Gasteiger partial charge in [-0.15, -0.1) is 0 Å². The van der Waals surface area contributed by atoms with Crippen molar-refractivity contribution in [1.29, 1.82) is 0 Å². The summed E-state index contributed by atoms with van der Waals surface area (Å²) in [6.07, 6.45) is 7.34. The second-order valence-corrected chi connectivity index (χ2v) is 2.74. The van der Waals surface area contributed by atoms with Gasteiger partial charge in [-0.3, -0.25) is 0 Å². The largest absolute Gasteiger partial charge is 0.0977 e. The van der Waals surface area contributed by atoms with Crippen LogP contribution in [0.2, 0.25) is 0 Å². The number of alkyl halides is 1. The van der Waals surface area contributed by atoms with Crippen LogP contribution in [0.15, 0.2) is 12.2 Å². The van der Waals surface area contributed by atoms with Crippen molar-refractivity contribution in [3.05, 3.63) is 12.2 Å². The van der Waals surface area contributed by atoms with Crippen LogP contribution in [0.4, 0.5) is 0 Å². The molecule has 0 amide bonds. The quantitative estimate of drug-likeness (QED) is 0.486. The fourth-order valence-corrected chi connectivity index (χ4v) is 0.686. The van der Waals surface area contributed by atoms with E-state index >= 15 is 0 Å². The molecule has 0 fully saturated rings. The summed E-state index contributed by atoms with van der Waals surface area (Å²) < 4.78 is 0. The van der Waals surface area contributed by atoms with E-state index in [1.54, 1.807) is 0 Å². The minimum atomic E-state index is 0.941. The molecule has 0 N–H and O–H groups in total. The van der Waals surface area contributed by atoms with E-state index in [0.717, 1.165) is 18.2 Å². The van der Waals surface area contributed by atoms with Crippen LogP contribution in [-0.2, 0) is 0 Å². The van der Waals surface area contributed by atoms with Gasteiger partial charge in [0.25, 0.3) is 0 Å². The molecule has 0 rings (SSSR count). The zero-order chi connectivity index (χ0) is 7.66. The second-order valence-electron chi connectivity index (χ2n) is 1.95. The van der Waals surface area contributed by atoms with E-state index in [4.69, 9.17) is 0 Å². The molecule has 56 valence electrons. The van der Waals surface area contributed by atoms with Crippen molar-refractivity contribution in [1.82, 2.24) is 0 Å². The predicted molar refractivity (Wildman–Crippen MR) is 50.2 cm³/mol. The van der Waals surface area contributed by atoms with Crippen LogP contribution in [0.5, 0.6) is 0 Å². The highest BCUT2D eigenvalue weighted by atomic mass is 79.9. The number of halogens is 1. The summed E-state index contributed by atoms with van der Waals surface area (Å²) in [5.41, 5.74) is 0. The summed E-state index contributed by atoms with van der Waals surface area (Å²) in [7, 11) is 0. The lowest BCUT2D eigenvalue weighted by molar-refractivity contribution is 0.959. The van der Waals surface area contributed by atoms with Gasteiger partial charge in [0.2, 0.25) is 0 Å². The van der Waals surface area contributed by atoms with Crippen LogP contribution in [0.1, 0.15) is 26.2 Å². The van der Waals surface area contributed by atoms with Gasteiger partial charge in [-0.25, -0.2) is 0 Å². The molecule has 0 saturated carbocycles. The molecule has 0 bridgehead atoms. The first-order valence-corrected chi connectivity index (χ1v) is 4.73. The Labute approximate surface area is 71.8 Å². The van der Waals surface area contributed by atoms with Gasteiger partial charge in [0, 0.05) is 11.8 Å². The highest BCUT2D eigenvalue weighted by Gasteiger charge is 1.70. The topological polar surface area (TPSA) is 0 Å². The Morgan fingerprint density at radius 1 is 1.50 bits per heavy atom. The number of unbranched alkanes of at least 4 members (excludes halogenated alkanes) is 1. The van der Waals surface area contributed by atoms with Crippen LogP contribution in [0, 0.1) is 11.8 Å². The number of rotatable bonds is 3. The third kappa shape index (κ3) is 7.78. The van der Waals surface area contributed by atoms with E-state index in [0.29, 0.717) is 0 Å². The fourth-order valence-electron chi connectivity index (χ4n) is 0.487. The molecule has 0 aromatic carbocycles. The van der Waals surface area contributed by atoms with Crippen LogP contribution in [-0.4, -0.2) is 5.33 Å². The summed E-state index contributed by atoms with van der Waals surface area (Å²) in [5, 5.41) is 0.974. The van der Waals surface area contributed by atoms with Gasteiger partial charge in [-0.2, -0.15) is 0 Å². The van der Waals surface area contributed by atoms with Crippen molar-refractivity contribution in [2.75, 3.05) is 5.33 Å².